The zero-order valence-corrected chi connectivity index (χ0v) is 8.16. The van der Waals surface area contributed by atoms with E-state index in [2.05, 4.69) is 31.5 Å². The number of hydrogen-bond acceptors (Lipinski definition) is 2. The minimum Gasteiger partial charge on any atom is -0.326 e. The van der Waals surface area contributed by atoms with Gasteiger partial charge < -0.3 is 5.73 Å². The second-order valence-corrected chi connectivity index (χ2v) is 4.51. The lowest BCUT2D eigenvalue weighted by atomic mass is 9.86. The van der Waals surface area contributed by atoms with Crippen molar-refractivity contribution in [2.75, 3.05) is 0 Å². The van der Waals surface area contributed by atoms with Crippen molar-refractivity contribution in [3.05, 3.63) is 21.9 Å². The second-order valence-electron chi connectivity index (χ2n) is 3.76. The molecule has 0 saturated carbocycles. The first-order valence-electron chi connectivity index (χ1n) is 3.81. The number of nitrogens with two attached hydrogens (primary N) is 1. The van der Waals surface area contributed by atoms with Crippen LogP contribution < -0.4 is 5.73 Å². The lowest BCUT2D eigenvalue weighted by Gasteiger charge is -2.18. The summed E-state index contributed by atoms with van der Waals surface area (Å²) in [6.45, 7) is 7.31. The first kappa shape index (κ1) is 8.75. The van der Waals surface area contributed by atoms with Gasteiger partial charge in [-0.1, -0.05) is 20.8 Å². The van der Waals surface area contributed by atoms with E-state index in [0.717, 1.165) is 0 Å². The molecule has 0 bridgehead atoms. The largest absolute Gasteiger partial charge is 0.326 e. The SMILES string of the molecule is CC(C)(C)c1cscc1CN. The average Bonchev–Trinajstić information content (AvgIpc) is 2.31. The Labute approximate surface area is 72.2 Å². The Kier molecular flexibility index (Phi) is 2.35. The van der Waals surface area contributed by atoms with Gasteiger partial charge in [0.25, 0.3) is 0 Å². The van der Waals surface area contributed by atoms with Gasteiger partial charge in [-0.15, -0.1) is 0 Å². The van der Waals surface area contributed by atoms with Gasteiger partial charge in [0.15, 0.2) is 0 Å². The van der Waals surface area contributed by atoms with Crippen LogP contribution in [0.3, 0.4) is 0 Å². The quantitative estimate of drug-likeness (QED) is 0.687. The van der Waals surface area contributed by atoms with Crippen molar-refractivity contribution in [3.8, 4) is 0 Å². The molecule has 0 fully saturated rings. The van der Waals surface area contributed by atoms with Gasteiger partial charge in [-0.2, -0.15) is 11.3 Å². The van der Waals surface area contributed by atoms with Crippen LogP contribution >= 0.6 is 11.3 Å². The van der Waals surface area contributed by atoms with Gasteiger partial charge in [0.05, 0.1) is 0 Å². The molecular weight excluding hydrogens is 154 g/mol. The summed E-state index contributed by atoms with van der Waals surface area (Å²) in [6.07, 6.45) is 0. The zero-order valence-electron chi connectivity index (χ0n) is 7.35. The lowest BCUT2D eigenvalue weighted by Crippen LogP contribution is -2.13. The minimum atomic E-state index is 0.245. The molecule has 0 aliphatic heterocycles. The summed E-state index contributed by atoms with van der Waals surface area (Å²) < 4.78 is 0. The van der Waals surface area contributed by atoms with Gasteiger partial charge in [0.1, 0.15) is 0 Å². The summed E-state index contributed by atoms with van der Waals surface area (Å²) in [5, 5.41) is 4.34. The van der Waals surface area contributed by atoms with Crippen LogP contribution in [0.15, 0.2) is 10.8 Å². The zero-order chi connectivity index (χ0) is 8.48. The first-order chi connectivity index (χ1) is 5.05. The van der Waals surface area contributed by atoms with Crippen molar-refractivity contribution in [2.45, 2.75) is 32.7 Å². The van der Waals surface area contributed by atoms with Crippen molar-refractivity contribution >= 4 is 11.3 Å². The highest BCUT2D eigenvalue weighted by atomic mass is 32.1. The van der Waals surface area contributed by atoms with Gasteiger partial charge >= 0.3 is 0 Å². The summed E-state index contributed by atoms with van der Waals surface area (Å²) >= 11 is 1.74. The highest BCUT2D eigenvalue weighted by Gasteiger charge is 2.17. The predicted octanol–water partition coefficient (Wildman–Crippen LogP) is 2.50. The van der Waals surface area contributed by atoms with Crippen LogP contribution in [0.2, 0.25) is 0 Å². The van der Waals surface area contributed by atoms with Crippen molar-refractivity contribution in [1.29, 1.82) is 0 Å². The van der Waals surface area contributed by atoms with E-state index in [1.165, 1.54) is 11.1 Å². The smallest absolute Gasteiger partial charge is 0.0189 e. The molecule has 2 N–H and O–H groups in total. The van der Waals surface area contributed by atoms with E-state index in [1.54, 1.807) is 11.3 Å². The fourth-order valence-electron chi connectivity index (χ4n) is 1.14. The molecular formula is C9H15NS. The second kappa shape index (κ2) is 2.95. The molecule has 2 heteroatoms. The highest BCUT2D eigenvalue weighted by molar-refractivity contribution is 7.08. The van der Waals surface area contributed by atoms with Crippen LogP contribution in [-0.4, -0.2) is 0 Å². The average molecular weight is 169 g/mol. The molecule has 11 heavy (non-hydrogen) atoms. The van der Waals surface area contributed by atoms with E-state index in [1.807, 2.05) is 0 Å². The molecule has 1 heterocycles. The fourth-order valence-corrected chi connectivity index (χ4v) is 2.24. The molecule has 0 saturated heterocycles. The van der Waals surface area contributed by atoms with Gasteiger partial charge in [0, 0.05) is 6.54 Å². The molecule has 0 aromatic carbocycles. The Bertz CT molecular complexity index is 232. The maximum atomic E-state index is 5.60. The molecule has 0 radical (unpaired) electrons. The van der Waals surface area contributed by atoms with E-state index in [-0.39, 0.29) is 5.41 Å². The molecule has 1 aromatic rings. The summed E-state index contributed by atoms with van der Waals surface area (Å²) in [4.78, 5) is 0. The molecule has 0 unspecified atom stereocenters. The van der Waals surface area contributed by atoms with Crippen LogP contribution in [0.5, 0.6) is 0 Å². The van der Waals surface area contributed by atoms with E-state index < -0.39 is 0 Å². The third-order valence-corrected chi connectivity index (χ3v) is 2.56. The molecule has 62 valence electrons. The van der Waals surface area contributed by atoms with Gasteiger partial charge in [-0.05, 0) is 27.3 Å². The van der Waals surface area contributed by atoms with Crippen molar-refractivity contribution in [2.24, 2.45) is 5.73 Å². The Morgan fingerprint density at radius 2 is 2.00 bits per heavy atom. The predicted molar refractivity (Wildman–Crippen MR) is 50.9 cm³/mol. The van der Waals surface area contributed by atoms with E-state index in [4.69, 9.17) is 5.73 Å². The van der Waals surface area contributed by atoms with Crippen LogP contribution in [0, 0.1) is 0 Å². The summed E-state index contributed by atoms with van der Waals surface area (Å²) in [6, 6.07) is 0. The van der Waals surface area contributed by atoms with Crippen molar-refractivity contribution in [3.63, 3.8) is 0 Å². The first-order valence-corrected chi connectivity index (χ1v) is 4.75. The molecule has 0 amide bonds. The molecule has 0 spiro atoms. The number of rotatable bonds is 1. The Morgan fingerprint density at radius 1 is 1.36 bits per heavy atom. The lowest BCUT2D eigenvalue weighted by molar-refractivity contribution is 0.585. The third kappa shape index (κ3) is 1.82. The van der Waals surface area contributed by atoms with Crippen LogP contribution in [-0.2, 0) is 12.0 Å². The van der Waals surface area contributed by atoms with Crippen LogP contribution in [0.1, 0.15) is 31.9 Å². The molecule has 0 atom stereocenters. The number of hydrogen-bond donors (Lipinski definition) is 1. The number of thiophene rings is 1. The van der Waals surface area contributed by atoms with Gasteiger partial charge in [0.2, 0.25) is 0 Å². The maximum absolute atomic E-state index is 5.60. The fraction of sp³-hybridized carbons (Fsp3) is 0.556. The Balaban J connectivity index is 3.02. The minimum absolute atomic E-state index is 0.245. The van der Waals surface area contributed by atoms with Crippen molar-refractivity contribution in [1.82, 2.24) is 0 Å². The van der Waals surface area contributed by atoms with Crippen LogP contribution in [0.25, 0.3) is 0 Å². The normalized spacial score (nSPS) is 12.0. The molecule has 1 nitrogen and oxygen atoms in total. The molecule has 0 aliphatic rings. The molecule has 1 aromatic heterocycles. The monoisotopic (exact) mass is 169 g/mol. The van der Waals surface area contributed by atoms with Crippen molar-refractivity contribution < 1.29 is 0 Å². The highest BCUT2D eigenvalue weighted by Crippen LogP contribution is 2.28. The standard InChI is InChI=1S/C9H15NS/c1-9(2,3)8-6-11-5-7(8)4-10/h5-6H,4,10H2,1-3H3. The summed E-state index contributed by atoms with van der Waals surface area (Å²) in [5.74, 6) is 0. The van der Waals surface area contributed by atoms with Gasteiger partial charge in [-0.25, -0.2) is 0 Å². The van der Waals surface area contributed by atoms with E-state index in [0.29, 0.717) is 6.54 Å². The summed E-state index contributed by atoms with van der Waals surface area (Å²) in [5.41, 5.74) is 8.53. The molecule has 1 rings (SSSR count). The Morgan fingerprint density at radius 3 is 2.36 bits per heavy atom. The topological polar surface area (TPSA) is 26.0 Å². The van der Waals surface area contributed by atoms with Crippen LogP contribution in [0.4, 0.5) is 0 Å². The maximum Gasteiger partial charge on any atom is 0.0189 e. The summed E-state index contributed by atoms with van der Waals surface area (Å²) in [7, 11) is 0. The van der Waals surface area contributed by atoms with E-state index in [9.17, 15) is 0 Å². The third-order valence-electron chi connectivity index (χ3n) is 1.77. The molecule has 0 aliphatic carbocycles. The van der Waals surface area contributed by atoms with E-state index >= 15 is 0 Å². The van der Waals surface area contributed by atoms with Gasteiger partial charge in [-0.3, -0.25) is 0 Å². The Hall–Kier alpha value is -0.340.